The van der Waals surface area contributed by atoms with Crippen LogP contribution in [0.15, 0.2) is 6.07 Å². The average Bonchev–Trinajstić information content (AvgIpc) is 2.25. The smallest absolute Gasteiger partial charge is 0.298 e. The van der Waals surface area contributed by atoms with Crippen molar-refractivity contribution in [2.75, 3.05) is 0 Å². The zero-order chi connectivity index (χ0) is 13.2. The summed E-state index contributed by atoms with van der Waals surface area (Å²) in [5.74, 6) is 0. The molecular formula is C9H5BrF5NO. The van der Waals surface area contributed by atoms with Gasteiger partial charge in [0.1, 0.15) is 5.69 Å². The number of nitrogens with zero attached hydrogens (tertiary/aromatic N) is 1. The van der Waals surface area contributed by atoms with Crippen molar-refractivity contribution in [2.24, 2.45) is 0 Å². The highest BCUT2D eigenvalue weighted by Gasteiger charge is 2.35. The summed E-state index contributed by atoms with van der Waals surface area (Å²) < 4.78 is 62.2. The Labute approximate surface area is 101 Å². The quantitative estimate of drug-likeness (QED) is 0.483. The van der Waals surface area contributed by atoms with Gasteiger partial charge in [0.25, 0.3) is 6.43 Å². The molecule has 0 aliphatic carbocycles. The van der Waals surface area contributed by atoms with Gasteiger partial charge in [0.15, 0.2) is 6.29 Å². The van der Waals surface area contributed by atoms with Crippen LogP contribution in [0, 0.1) is 0 Å². The van der Waals surface area contributed by atoms with E-state index in [9.17, 15) is 26.7 Å². The van der Waals surface area contributed by atoms with Crippen molar-refractivity contribution < 1.29 is 26.7 Å². The predicted octanol–water partition coefficient (Wildman–Crippen LogP) is 3.75. The van der Waals surface area contributed by atoms with Crippen LogP contribution in [0.1, 0.15) is 33.7 Å². The molecule has 0 N–H and O–H groups in total. The van der Waals surface area contributed by atoms with E-state index in [0.29, 0.717) is 0 Å². The van der Waals surface area contributed by atoms with Crippen LogP contribution in [0.4, 0.5) is 22.0 Å². The first-order chi connectivity index (χ1) is 7.81. The summed E-state index contributed by atoms with van der Waals surface area (Å²) in [6.45, 7) is 0. The maximum atomic E-state index is 12.5. The highest BCUT2D eigenvalue weighted by atomic mass is 79.9. The summed E-state index contributed by atoms with van der Waals surface area (Å²) in [7, 11) is 0. The van der Waals surface area contributed by atoms with Crippen LogP contribution >= 0.6 is 15.9 Å². The fraction of sp³-hybridized carbons (Fsp3) is 0.333. The van der Waals surface area contributed by atoms with Gasteiger partial charge in [-0.2, -0.15) is 13.2 Å². The molecule has 0 aromatic carbocycles. The molecule has 94 valence electrons. The Bertz CT molecular complexity index is 432. The topological polar surface area (TPSA) is 30.0 Å². The number of hydrogen-bond donors (Lipinski definition) is 0. The van der Waals surface area contributed by atoms with Gasteiger partial charge >= 0.3 is 6.18 Å². The Morgan fingerprint density at radius 1 is 1.41 bits per heavy atom. The van der Waals surface area contributed by atoms with Crippen LogP contribution in [0.5, 0.6) is 0 Å². The molecule has 0 aliphatic heterocycles. The van der Waals surface area contributed by atoms with Crippen LogP contribution < -0.4 is 0 Å². The number of rotatable bonds is 3. The van der Waals surface area contributed by atoms with E-state index in [1.54, 1.807) is 0 Å². The molecule has 0 bridgehead atoms. The second-order valence-electron chi connectivity index (χ2n) is 3.01. The zero-order valence-corrected chi connectivity index (χ0v) is 9.65. The molecule has 0 fully saturated rings. The van der Waals surface area contributed by atoms with Crippen molar-refractivity contribution in [3.63, 3.8) is 0 Å². The van der Waals surface area contributed by atoms with Crippen LogP contribution in [0.2, 0.25) is 0 Å². The fourth-order valence-electron chi connectivity index (χ4n) is 1.19. The molecule has 1 rings (SSSR count). The van der Waals surface area contributed by atoms with Gasteiger partial charge in [-0.1, -0.05) is 15.9 Å². The van der Waals surface area contributed by atoms with E-state index in [1.807, 2.05) is 0 Å². The van der Waals surface area contributed by atoms with Crippen molar-refractivity contribution in [2.45, 2.75) is 17.9 Å². The third kappa shape index (κ3) is 2.99. The second kappa shape index (κ2) is 5.07. The van der Waals surface area contributed by atoms with E-state index < -0.39 is 29.4 Å². The highest BCUT2D eigenvalue weighted by molar-refractivity contribution is 9.08. The molecule has 0 amide bonds. The van der Waals surface area contributed by atoms with Gasteiger partial charge in [-0.25, -0.2) is 13.8 Å². The standard InChI is InChI=1S/C9H5BrF5NO/c10-2-6-5(3-17)4(8(11)12)1-7(16-6)9(13,14)15/h1,3,8H,2H2. The molecule has 1 aromatic heterocycles. The molecule has 0 unspecified atom stereocenters. The summed E-state index contributed by atoms with van der Waals surface area (Å²) in [5.41, 5.74) is -3.26. The Morgan fingerprint density at radius 2 is 2.00 bits per heavy atom. The first kappa shape index (κ1) is 14.0. The van der Waals surface area contributed by atoms with Gasteiger partial charge < -0.3 is 0 Å². The Kier molecular flexibility index (Phi) is 4.18. The lowest BCUT2D eigenvalue weighted by molar-refractivity contribution is -0.141. The number of carbonyl (C=O) groups is 1. The molecule has 0 atom stereocenters. The van der Waals surface area contributed by atoms with E-state index in [-0.39, 0.29) is 23.4 Å². The molecule has 2 nitrogen and oxygen atoms in total. The van der Waals surface area contributed by atoms with E-state index >= 15 is 0 Å². The van der Waals surface area contributed by atoms with Gasteiger partial charge in [0.05, 0.1) is 5.69 Å². The molecule has 17 heavy (non-hydrogen) atoms. The number of aromatic nitrogens is 1. The lowest BCUT2D eigenvalue weighted by atomic mass is 10.1. The summed E-state index contributed by atoms with van der Waals surface area (Å²) in [4.78, 5) is 13.7. The molecule has 1 heterocycles. The summed E-state index contributed by atoms with van der Waals surface area (Å²) in [6.07, 6.45) is -7.93. The number of pyridine rings is 1. The summed E-state index contributed by atoms with van der Waals surface area (Å²) in [5, 5.41) is -0.218. The van der Waals surface area contributed by atoms with Crippen LogP contribution in [0.3, 0.4) is 0 Å². The van der Waals surface area contributed by atoms with E-state index in [0.717, 1.165) is 0 Å². The van der Waals surface area contributed by atoms with Crippen LogP contribution in [-0.4, -0.2) is 11.3 Å². The number of hydrogen-bond acceptors (Lipinski definition) is 2. The van der Waals surface area contributed by atoms with Gasteiger partial charge in [-0.3, -0.25) is 4.79 Å². The van der Waals surface area contributed by atoms with Crippen molar-refractivity contribution in [3.05, 3.63) is 28.6 Å². The molecule has 0 saturated carbocycles. The molecular weight excluding hydrogens is 313 g/mol. The summed E-state index contributed by atoms with van der Waals surface area (Å²) >= 11 is 2.80. The average molecular weight is 318 g/mol. The minimum absolute atomic E-state index is 0.0746. The van der Waals surface area contributed by atoms with E-state index in [1.165, 1.54) is 0 Å². The molecule has 0 spiro atoms. The SMILES string of the molecule is O=Cc1c(C(F)F)cc(C(F)(F)F)nc1CBr. The zero-order valence-electron chi connectivity index (χ0n) is 8.06. The van der Waals surface area contributed by atoms with E-state index in [4.69, 9.17) is 0 Å². The molecule has 0 saturated heterocycles. The third-order valence-electron chi connectivity index (χ3n) is 1.94. The van der Waals surface area contributed by atoms with Gasteiger partial charge in [0.2, 0.25) is 0 Å². The molecule has 0 radical (unpaired) electrons. The fourth-order valence-corrected chi connectivity index (χ4v) is 1.62. The third-order valence-corrected chi connectivity index (χ3v) is 2.47. The Morgan fingerprint density at radius 3 is 2.35 bits per heavy atom. The van der Waals surface area contributed by atoms with Crippen molar-refractivity contribution in [1.82, 2.24) is 4.98 Å². The second-order valence-corrected chi connectivity index (χ2v) is 3.57. The monoisotopic (exact) mass is 317 g/mol. The number of aldehydes is 1. The minimum atomic E-state index is -4.83. The Hall–Kier alpha value is -1.05. The highest BCUT2D eigenvalue weighted by Crippen LogP contribution is 2.33. The van der Waals surface area contributed by atoms with Crippen molar-refractivity contribution in [1.29, 1.82) is 0 Å². The normalized spacial score (nSPS) is 11.9. The van der Waals surface area contributed by atoms with Gasteiger partial charge in [-0.05, 0) is 6.07 Å². The maximum absolute atomic E-state index is 12.5. The van der Waals surface area contributed by atoms with E-state index in [2.05, 4.69) is 20.9 Å². The molecule has 1 aromatic rings. The first-order valence-electron chi connectivity index (χ1n) is 4.21. The minimum Gasteiger partial charge on any atom is -0.298 e. The number of alkyl halides is 6. The maximum Gasteiger partial charge on any atom is 0.433 e. The lowest BCUT2D eigenvalue weighted by Gasteiger charge is -2.12. The largest absolute Gasteiger partial charge is 0.433 e. The van der Waals surface area contributed by atoms with Crippen LogP contribution in [-0.2, 0) is 11.5 Å². The number of halogens is 6. The van der Waals surface area contributed by atoms with Crippen molar-refractivity contribution >= 4 is 22.2 Å². The summed E-state index contributed by atoms with van der Waals surface area (Å²) in [6, 6.07) is 0.195. The lowest BCUT2D eigenvalue weighted by Crippen LogP contribution is -2.13. The molecule has 0 aliphatic rings. The van der Waals surface area contributed by atoms with Crippen molar-refractivity contribution in [3.8, 4) is 0 Å². The van der Waals surface area contributed by atoms with Gasteiger partial charge in [-0.15, -0.1) is 0 Å². The van der Waals surface area contributed by atoms with Gasteiger partial charge in [0, 0.05) is 16.5 Å². The van der Waals surface area contributed by atoms with Crippen LogP contribution in [0.25, 0.3) is 0 Å². The number of carbonyl (C=O) groups excluding carboxylic acids is 1. The Balaban J connectivity index is 3.51. The predicted molar refractivity (Wildman–Crippen MR) is 52.2 cm³/mol. The first-order valence-corrected chi connectivity index (χ1v) is 5.33. The molecule has 8 heteroatoms.